The van der Waals surface area contributed by atoms with Crippen LogP contribution in [0.15, 0.2) is 0 Å². The van der Waals surface area contributed by atoms with Crippen LogP contribution in [0.5, 0.6) is 0 Å². The number of nitrogens with zero attached hydrogens (tertiary/aromatic N) is 1. The summed E-state index contributed by atoms with van der Waals surface area (Å²) in [5.74, 6) is 3.52. The van der Waals surface area contributed by atoms with Gasteiger partial charge in [-0.3, -0.25) is 0 Å². The Balaban J connectivity index is 1.70. The lowest BCUT2D eigenvalue weighted by Gasteiger charge is -2.35. The van der Waals surface area contributed by atoms with Crippen LogP contribution in [0.2, 0.25) is 0 Å². The molecule has 2 unspecified atom stereocenters. The first kappa shape index (κ1) is 12.7. The molecule has 0 saturated carbocycles. The first-order valence-corrected chi connectivity index (χ1v) is 8.09. The van der Waals surface area contributed by atoms with Gasteiger partial charge in [0.2, 0.25) is 0 Å². The number of piperidine rings is 1. The number of thioether (sulfide) groups is 1. The zero-order valence-corrected chi connectivity index (χ0v) is 11.4. The standard InChI is InChI=1S/C13H26N2S/c1-2-16-10-9-15-8-4-5-12(11-15)13-6-3-7-14-13/h12-14H,2-11H2,1H3. The third-order valence-corrected chi connectivity index (χ3v) is 4.84. The van der Waals surface area contributed by atoms with Crippen LogP contribution in [-0.4, -0.2) is 48.6 Å². The Morgan fingerprint density at radius 1 is 1.31 bits per heavy atom. The lowest BCUT2D eigenvalue weighted by molar-refractivity contribution is 0.159. The van der Waals surface area contributed by atoms with Gasteiger partial charge in [-0.15, -0.1) is 0 Å². The Morgan fingerprint density at radius 3 is 3.00 bits per heavy atom. The van der Waals surface area contributed by atoms with E-state index in [9.17, 15) is 0 Å². The van der Waals surface area contributed by atoms with E-state index >= 15 is 0 Å². The fraction of sp³-hybridized carbons (Fsp3) is 1.00. The number of hydrogen-bond acceptors (Lipinski definition) is 3. The Kier molecular flexibility index (Phi) is 5.46. The average molecular weight is 242 g/mol. The van der Waals surface area contributed by atoms with Gasteiger partial charge in [0.05, 0.1) is 0 Å². The van der Waals surface area contributed by atoms with Crippen molar-refractivity contribution in [3.63, 3.8) is 0 Å². The minimum atomic E-state index is 0.835. The smallest absolute Gasteiger partial charge is 0.0108 e. The van der Waals surface area contributed by atoms with E-state index in [1.807, 2.05) is 0 Å². The lowest BCUT2D eigenvalue weighted by Crippen LogP contribution is -2.44. The monoisotopic (exact) mass is 242 g/mol. The minimum Gasteiger partial charge on any atom is -0.314 e. The first-order valence-electron chi connectivity index (χ1n) is 6.93. The summed E-state index contributed by atoms with van der Waals surface area (Å²) in [6.45, 7) is 7.51. The molecule has 2 saturated heterocycles. The number of hydrogen-bond donors (Lipinski definition) is 1. The maximum absolute atomic E-state index is 3.68. The molecular weight excluding hydrogens is 216 g/mol. The molecule has 2 aliphatic heterocycles. The van der Waals surface area contributed by atoms with Gasteiger partial charge >= 0.3 is 0 Å². The first-order chi connectivity index (χ1) is 7.90. The van der Waals surface area contributed by atoms with Gasteiger partial charge in [0, 0.05) is 24.9 Å². The van der Waals surface area contributed by atoms with E-state index in [2.05, 4.69) is 28.9 Å². The summed E-state index contributed by atoms with van der Waals surface area (Å²) in [6.07, 6.45) is 5.68. The topological polar surface area (TPSA) is 15.3 Å². The van der Waals surface area contributed by atoms with Crippen LogP contribution in [0.3, 0.4) is 0 Å². The summed E-state index contributed by atoms with van der Waals surface area (Å²) >= 11 is 2.08. The highest BCUT2D eigenvalue weighted by atomic mass is 32.2. The van der Waals surface area contributed by atoms with Crippen LogP contribution in [0.1, 0.15) is 32.6 Å². The molecule has 0 radical (unpaired) electrons. The third-order valence-electron chi connectivity index (χ3n) is 3.97. The summed E-state index contributed by atoms with van der Waals surface area (Å²) in [7, 11) is 0. The average Bonchev–Trinajstić information content (AvgIpc) is 2.83. The second-order valence-corrected chi connectivity index (χ2v) is 6.50. The molecule has 2 atom stereocenters. The molecule has 3 heteroatoms. The molecule has 2 heterocycles. The van der Waals surface area contributed by atoms with Gasteiger partial charge in [-0.1, -0.05) is 6.92 Å². The number of rotatable bonds is 5. The Morgan fingerprint density at radius 2 is 2.25 bits per heavy atom. The van der Waals surface area contributed by atoms with Gasteiger partial charge in [0.25, 0.3) is 0 Å². The van der Waals surface area contributed by atoms with Gasteiger partial charge in [0.15, 0.2) is 0 Å². The second-order valence-electron chi connectivity index (χ2n) is 5.10. The van der Waals surface area contributed by atoms with Crippen LogP contribution < -0.4 is 5.32 Å². The predicted octanol–water partition coefficient (Wildman–Crippen LogP) is 2.20. The van der Waals surface area contributed by atoms with Gasteiger partial charge in [0.1, 0.15) is 0 Å². The quantitative estimate of drug-likeness (QED) is 0.744. The van der Waals surface area contributed by atoms with Crippen LogP contribution in [0.4, 0.5) is 0 Å². The fourth-order valence-corrected chi connectivity index (χ4v) is 3.75. The van der Waals surface area contributed by atoms with Crippen molar-refractivity contribution >= 4 is 11.8 Å². The molecule has 2 nitrogen and oxygen atoms in total. The highest BCUT2D eigenvalue weighted by Crippen LogP contribution is 2.24. The molecular formula is C13H26N2S. The van der Waals surface area contributed by atoms with Crippen molar-refractivity contribution in [2.24, 2.45) is 5.92 Å². The van der Waals surface area contributed by atoms with Crippen molar-refractivity contribution in [1.82, 2.24) is 10.2 Å². The van der Waals surface area contributed by atoms with Crippen LogP contribution >= 0.6 is 11.8 Å². The largest absolute Gasteiger partial charge is 0.314 e. The molecule has 94 valence electrons. The van der Waals surface area contributed by atoms with Gasteiger partial charge in [-0.05, 0) is 50.4 Å². The third kappa shape index (κ3) is 3.64. The maximum Gasteiger partial charge on any atom is 0.0108 e. The summed E-state index contributed by atoms with van der Waals surface area (Å²) in [4.78, 5) is 2.69. The minimum absolute atomic E-state index is 0.835. The summed E-state index contributed by atoms with van der Waals surface area (Å²) < 4.78 is 0. The van der Waals surface area contributed by atoms with E-state index in [1.54, 1.807) is 0 Å². The lowest BCUT2D eigenvalue weighted by atomic mass is 9.90. The van der Waals surface area contributed by atoms with Gasteiger partial charge < -0.3 is 10.2 Å². The van der Waals surface area contributed by atoms with Crippen LogP contribution in [-0.2, 0) is 0 Å². The highest BCUT2D eigenvalue weighted by molar-refractivity contribution is 7.99. The Labute approximate surface area is 105 Å². The number of nitrogens with one attached hydrogen (secondary N) is 1. The number of likely N-dealkylation sites (tertiary alicyclic amines) is 1. The molecule has 0 bridgehead atoms. The molecule has 2 fully saturated rings. The SMILES string of the molecule is CCSCCN1CCCC(C2CCCN2)C1. The van der Waals surface area contributed by atoms with Crippen LogP contribution in [0.25, 0.3) is 0 Å². The van der Waals surface area contributed by atoms with Crippen molar-refractivity contribution in [1.29, 1.82) is 0 Å². The molecule has 0 aliphatic carbocycles. The molecule has 0 aromatic carbocycles. The van der Waals surface area contributed by atoms with Crippen molar-refractivity contribution in [2.75, 3.05) is 37.7 Å². The van der Waals surface area contributed by atoms with E-state index in [1.165, 1.54) is 63.4 Å². The summed E-state index contributed by atoms with van der Waals surface area (Å²) in [5.41, 5.74) is 0. The van der Waals surface area contributed by atoms with E-state index in [-0.39, 0.29) is 0 Å². The normalized spacial score (nSPS) is 32.1. The maximum atomic E-state index is 3.68. The predicted molar refractivity (Wildman–Crippen MR) is 73.2 cm³/mol. The molecule has 2 aliphatic rings. The molecule has 0 aromatic heterocycles. The summed E-state index contributed by atoms with van der Waals surface area (Å²) in [6, 6.07) is 0.835. The molecule has 1 N–H and O–H groups in total. The van der Waals surface area contributed by atoms with E-state index in [0.717, 1.165) is 12.0 Å². The van der Waals surface area contributed by atoms with E-state index in [0.29, 0.717) is 0 Å². The molecule has 2 rings (SSSR count). The van der Waals surface area contributed by atoms with Crippen molar-refractivity contribution < 1.29 is 0 Å². The Bertz CT molecular complexity index is 192. The van der Waals surface area contributed by atoms with Crippen molar-refractivity contribution in [3.05, 3.63) is 0 Å². The fourth-order valence-electron chi connectivity index (χ4n) is 3.07. The highest BCUT2D eigenvalue weighted by Gasteiger charge is 2.28. The zero-order valence-electron chi connectivity index (χ0n) is 10.6. The van der Waals surface area contributed by atoms with Gasteiger partial charge in [-0.2, -0.15) is 11.8 Å². The molecule has 0 aromatic rings. The van der Waals surface area contributed by atoms with Gasteiger partial charge in [-0.25, -0.2) is 0 Å². The molecule has 16 heavy (non-hydrogen) atoms. The van der Waals surface area contributed by atoms with Crippen LogP contribution in [0, 0.1) is 5.92 Å². The van der Waals surface area contributed by atoms with Crippen molar-refractivity contribution in [3.8, 4) is 0 Å². The zero-order chi connectivity index (χ0) is 11.2. The molecule has 0 amide bonds. The van der Waals surface area contributed by atoms with E-state index in [4.69, 9.17) is 0 Å². The molecule has 0 spiro atoms. The second kappa shape index (κ2) is 6.87. The van der Waals surface area contributed by atoms with E-state index < -0.39 is 0 Å². The van der Waals surface area contributed by atoms with Crippen molar-refractivity contribution in [2.45, 2.75) is 38.6 Å². The summed E-state index contributed by atoms with van der Waals surface area (Å²) in [5, 5.41) is 3.68. The Hall–Kier alpha value is 0.270.